The maximum atomic E-state index is 6.14. The van der Waals surface area contributed by atoms with Crippen LogP contribution < -0.4 is 5.32 Å². The van der Waals surface area contributed by atoms with Gasteiger partial charge in [-0.25, -0.2) is 9.97 Å². The monoisotopic (exact) mass is 283 g/mol. The molecule has 0 aromatic carbocycles. The number of aromatic nitrogens is 2. The minimum Gasteiger partial charge on any atom is -0.369 e. The number of aryl methyl sites for hydroxylation is 1. The minimum atomic E-state index is 0.566. The van der Waals surface area contributed by atoms with E-state index in [1.165, 1.54) is 25.7 Å². The first-order valence-corrected chi connectivity index (χ1v) is 7.76. The minimum absolute atomic E-state index is 0.566. The molecule has 0 saturated heterocycles. The Balaban J connectivity index is 2.67. The Morgan fingerprint density at radius 2 is 1.95 bits per heavy atom. The second-order valence-electron chi connectivity index (χ2n) is 5.06. The van der Waals surface area contributed by atoms with Gasteiger partial charge >= 0.3 is 0 Å². The largest absolute Gasteiger partial charge is 0.369 e. The molecule has 3 nitrogen and oxygen atoms in total. The molecular formula is C15H26ClN3. The van der Waals surface area contributed by atoms with E-state index in [-0.39, 0.29) is 0 Å². The third kappa shape index (κ3) is 4.98. The van der Waals surface area contributed by atoms with E-state index >= 15 is 0 Å². The zero-order valence-electron chi connectivity index (χ0n) is 12.6. The predicted molar refractivity (Wildman–Crippen MR) is 83.0 cm³/mol. The van der Waals surface area contributed by atoms with Crippen LogP contribution in [0.25, 0.3) is 0 Å². The highest BCUT2D eigenvalue weighted by atomic mass is 35.5. The highest BCUT2D eigenvalue weighted by molar-refractivity contribution is 6.30. The lowest BCUT2D eigenvalue weighted by Gasteiger charge is -2.17. The van der Waals surface area contributed by atoms with Gasteiger partial charge in [0.05, 0.1) is 0 Å². The Labute approximate surface area is 122 Å². The third-order valence-electron chi connectivity index (χ3n) is 3.55. The summed E-state index contributed by atoms with van der Waals surface area (Å²) in [4.78, 5) is 8.79. The van der Waals surface area contributed by atoms with Crippen molar-refractivity contribution in [2.75, 3.05) is 11.9 Å². The van der Waals surface area contributed by atoms with Gasteiger partial charge in [-0.3, -0.25) is 0 Å². The average Bonchev–Trinajstić information content (AvgIpc) is 2.43. The second kappa shape index (κ2) is 8.36. The van der Waals surface area contributed by atoms with Crippen molar-refractivity contribution >= 4 is 17.4 Å². The quantitative estimate of drug-likeness (QED) is 0.707. The molecule has 0 amide bonds. The van der Waals surface area contributed by atoms with Gasteiger partial charge in [0.2, 0.25) is 0 Å². The van der Waals surface area contributed by atoms with Crippen molar-refractivity contribution in [2.45, 2.75) is 59.8 Å². The van der Waals surface area contributed by atoms with Gasteiger partial charge in [-0.05, 0) is 19.3 Å². The number of nitrogens with zero attached hydrogens (tertiary/aromatic N) is 2. The van der Waals surface area contributed by atoms with E-state index in [1.54, 1.807) is 0 Å². The number of hydrogen-bond donors (Lipinski definition) is 1. The number of rotatable bonds is 8. The van der Waals surface area contributed by atoms with Gasteiger partial charge in [-0.1, -0.05) is 51.6 Å². The standard InChI is InChI=1S/C15H26ClN3/c1-5-8-9-12(6-2)10-17-15-11(4)14(16)18-13(7-3)19-15/h12H,5-10H2,1-4H3,(H,17,18,19). The molecule has 108 valence electrons. The highest BCUT2D eigenvalue weighted by Crippen LogP contribution is 2.21. The summed E-state index contributed by atoms with van der Waals surface area (Å²) in [6, 6.07) is 0. The van der Waals surface area contributed by atoms with Gasteiger partial charge in [-0.2, -0.15) is 0 Å². The van der Waals surface area contributed by atoms with Crippen molar-refractivity contribution in [1.82, 2.24) is 9.97 Å². The Morgan fingerprint density at radius 3 is 2.53 bits per heavy atom. The fraction of sp³-hybridized carbons (Fsp3) is 0.733. The van der Waals surface area contributed by atoms with E-state index in [0.29, 0.717) is 11.1 Å². The fourth-order valence-corrected chi connectivity index (χ4v) is 2.23. The Hall–Kier alpha value is -0.830. The zero-order valence-corrected chi connectivity index (χ0v) is 13.3. The fourth-order valence-electron chi connectivity index (χ4n) is 2.05. The van der Waals surface area contributed by atoms with Crippen molar-refractivity contribution in [3.63, 3.8) is 0 Å². The lowest BCUT2D eigenvalue weighted by molar-refractivity contribution is 0.472. The zero-order chi connectivity index (χ0) is 14.3. The van der Waals surface area contributed by atoms with Crippen LogP contribution in [0.4, 0.5) is 5.82 Å². The molecule has 0 aliphatic rings. The van der Waals surface area contributed by atoms with Crippen molar-refractivity contribution in [1.29, 1.82) is 0 Å². The first kappa shape index (κ1) is 16.2. The van der Waals surface area contributed by atoms with Crippen LogP contribution >= 0.6 is 11.6 Å². The maximum absolute atomic E-state index is 6.14. The van der Waals surface area contributed by atoms with Gasteiger partial charge < -0.3 is 5.32 Å². The summed E-state index contributed by atoms with van der Waals surface area (Å²) in [5, 5.41) is 4.02. The van der Waals surface area contributed by atoms with Crippen LogP contribution in [0.3, 0.4) is 0 Å². The average molecular weight is 284 g/mol. The second-order valence-corrected chi connectivity index (χ2v) is 5.41. The lowest BCUT2D eigenvalue weighted by Crippen LogP contribution is -2.16. The van der Waals surface area contributed by atoms with Crippen LogP contribution in [-0.2, 0) is 6.42 Å². The maximum Gasteiger partial charge on any atom is 0.137 e. The molecule has 1 N–H and O–H groups in total. The summed E-state index contributed by atoms with van der Waals surface area (Å²) in [5.41, 5.74) is 0.948. The lowest BCUT2D eigenvalue weighted by atomic mass is 9.99. The van der Waals surface area contributed by atoms with Crippen LogP contribution in [-0.4, -0.2) is 16.5 Å². The number of nitrogens with one attached hydrogen (secondary N) is 1. The molecule has 0 saturated carbocycles. The Bertz CT molecular complexity index is 393. The number of anilines is 1. The van der Waals surface area contributed by atoms with Gasteiger partial charge in [0.15, 0.2) is 0 Å². The van der Waals surface area contributed by atoms with Crippen molar-refractivity contribution in [3.8, 4) is 0 Å². The van der Waals surface area contributed by atoms with Gasteiger partial charge in [0.1, 0.15) is 16.8 Å². The van der Waals surface area contributed by atoms with Crippen molar-refractivity contribution in [2.24, 2.45) is 5.92 Å². The van der Waals surface area contributed by atoms with E-state index in [9.17, 15) is 0 Å². The molecule has 1 heterocycles. The number of unbranched alkanes of at least 4 members (excludes halogenated alkanes) is 1. The van der Waals surface area contributed by atoms with E-state index in [2.05, 4.69) is 29.1 Å². The first-order valence-electron chi connectivity index (χ1n) is 7.39. The topological polar surface area (TPSA) is 37.8 Å². The molecule has 0 bridgehead atoms. The van der Waals surface area contributed by atoms with E-state index in [4.69, 9.17) is 11.6 Å². The van der Waals surface area contributed by atoms with Crippen molar-refractivity contribution in [3.05, 3.63) is 16.5 Å². The number of hydrogen-bond acceptors (Lipinski definition) is 3. The third-order valence-corrected chi connectivity index (χ3v) is 3.92. The summed E-state index contributed by atoms with van der Waals surface area (Å²) < 4.78 is 0. The first-order chi connectivity index (χ1) is 9.12. The van der Waals surface area contributed by atoms with Crippen LogP contribution in [0.5, 0.6) is 0 Å². The summed E-state index contributed by atoms with van der Waals surface area (Å²) in [5.74, 6) is 2.41. The number of halogens is 1. The van der Waals surface area contributed by atoms with Gasteiger partial charge in [-0.15, -0.1) is 0 Å². The van der Waals surface area contributed by atoms with Crippen molar-refractivity contribution < 1.29 is 0 Å². The van der Waals surface area contributed by atoms with Gasteiger partial charge in [0.25, 0.3) is 0 Å². The van der Waals surface area contributed by atoms with Crippen LogP contribution in [0.15, 0.2) is 0 Å². The van der Waals surface area contributed by atoms with Crippen LogP contribution in [0.2, 0.25) is 5.15 Å². The summed E-state index contributed by atoms with van der Waals surface area (Å²) in [6.07, 6.45) is 5.84. The van der Waals surface area contributed by atoms with Gasteiger partial charge in [0, 0.05) is 18.5 Å². The summed E-state index contributed by atoms with van der Waals surface area (Å²) in [6.45, 7) is 9.47. The Morgan fingerprint density at radius 1 is 1.21 bits per heavy atom. The molecule has 1 aromatic heterocycles. The van der Waals surface area contributed by atoms with Crippen LogP contribution in [0.1, 0.15) is 57.8 Å². The molecule has 0 radical (unpaired) electrons. The molecule has 1 aromatic rings. The molecule has 0 spiro atoms. The van der Waals surface area contributed by atoms with Crippen LogP contribution in [0, 0.1) is 12.8 Å². The molecule has 0 aliphatic heterocycles. The Kier molecular flexibility index (Phi) is 7.14. The predicted octanol–water partition coefficient (Wildman–Crippen LogP) is 4.63. The molecule has 19 heavy (non-hydrogen) atoms. The summed E-state index contributed by atoms with van der Waals surface area (Å²) in [7, 11) is 0. The highest BCUT2D eigenvalue weighted by Gasteiger charge is 2.11. The smallest absolute Gasteiger partial charge is 0.137 e. The van der Waals surface area contributed by atoms with E-state index < -0.39 is 0 Å². The normalized spacial score (nSPS) is 12.5. The van der Waals surface area contributed by atoms with E-state index in [1.807, 2.05) is 13.8 Å². The SMILES string of the molecule is CCCCC(CC)CNc1nc(CC)nc(Cl)c1C. The molecule has 0 fully saturated rings. The molecular weight excluding hydrogens is 258 g/mol. The molecule has 1 rings (SSSR count). The van der Waals surface area contributed by atoms with E-state index in [0.717, 1.165) is 30.2 Å². The summed E-state index contributed by atoms with van der Waals surface area (Å²) >= 11 is 6.14. The molecule has 4 heteroatoms. The molecule has 1 unspecified atom stereocenters. The molecule has 1 atom stereocenters. The molecule has 0 aliphatic carbocycles.